The molecule has 15 heavy (non-hydrogen) atoms. The topological polar surface area (TPSA) is 12.0 Å². The zero-order chi connectivity index (χ0) is 11.1. The first-order valence-corrected chi connectivity index (χ1v) is 7.00. The molecule has 0 radical (unpaired) electrons. The van der Waals surface area contributed by atoms with E-state index in [1.165, 1.54) is 51.4 Å². The quantitative estimate of drug-likeness (QED) is 0.700. The summed E-state index contributed by atoms with van der Waals surface area (Å²) in [6, 6.07) is 0.787. The van der Waals surface area contributed by atoms with Gasteiger partial charge in [-0.1, -0.05) is 52.4 Å². The van der Waals surface area contributed by atoms with Gasteiger partial charge in [0.1, 0.15) is 0 Å². The Balaban J connectivity index is 2.47. The average Bonchev–Trinajstić information content (AvgIpc) is 2.30. The fourth-order valence-corrected chi connectivity index (χ4v) is 3.27. The summed E-state index contributed by atoms with van der Waals surface area (Å²) < 4.78 is 0. The van der Waals surface area contributed by atoms with E-state index >= 15 is 0 Å². The van der Waals surface area contributed by atoms with Gasteiger partial charge in [-0.05, 0) is 31.7 Å². The van der Waals surface area contributed by atoms with Gasteiger partial charge in [-0.25, -0.2) is 0 Å². The van der Waals surface area contributed by atoms with Crippen LogP contribution in [0.25, 0.3) is 0 Å². The van der Waals surface area contributed by atoms with Crippen molar-refractivity contribution in [3.8, 4) is 0 Å². The van der Waals surface area contributed by atoms with Gasteiger partial charge in [0, 0.05) is 6.04 Å². The molecule has 3 atom stereocenters. The van der Waals surface area contributed by atoms with Crippen molar-refractivity contribution in [3.63, 3.8) is 0 Å². The van der Waals surface area contributed by atoms with Crippen molar-refractivity contribution < 1.29 is 0 Å². The maximum atomic E-state index is 3.57. The van der Waals surface area contributed by atoms with Crippen molar-refractivity contribution in [2.75, 3.05) is 7.05 Å². The van der Waals surface area contributed by atoms with E-state index < -0.39 is 0 Å². The van der Waals surface area contributed by atoms with Crippen molar-refractivity contribution >= 4 is 0 Å². The predicted octanol–water partition coefficient (Wildman–Crippen LogP) is 3.98. The lowest BCUT2D eigenvalue weighted by Gasteiger charge is -2.37. The molecule has 0 saturated heterocycles. The van der Waals surface area contributed by atoms with Gasteiger partial charge in [0.25, 0.3) is 0 Å². The van der Waals surface area contributed by atoms with Crippen LogP contribution in [0.1, 0.15) is 65.2 Å². The molecular formula is C14H29N. The second-order valence-corrected chi connectivity index (χ2v) is 5.15. The van der Waals surface area contributed by atoms with E-state index in [9.17, 15) is 0 Å². The summed E-state index contributed by atoms with van der Waals surface area (Å²) in [6.07, 6.45) is 11.4. The third kappa shape index (κ3) is 3.79. The molecule has 0 heterocycles. The van der Waals surface area contributed by atoms with Crippen LogP contribution in [-0.4, -0.2) is 13.1 Å². The summed E-state index contributed by atoms with van der Waals surface area (Å²) in [6.45, 7) is 4.67. The molecule has 1 heteroatoms. The summed E-state index contributed by atoms with van der Waals surface area (Å²) in [5.74, 6) is 1.95. The molecule has 90 valence electrons. The van der Waals surface area contributed by atoms with Crippen LogP contribution in [0, 0.1) is 11.8 Å². The third-order valence-electron chi connectivity index (χ3n) is 4.25. The Morgan fingerprint density at radius 2 is 1.93 bits per heavy atom. The van der Waals surface area contributed by atoms with E-state index in [4.69, 9.17) is 0 Å². The second-order valence-electron chi connectivity index (χ2n) is 5.15. The fourth-order valence-electron chi connectivity index (χ4n) is 3.27. The lowest BCUT2D eigenvalue weighted by molar-refractivity contribution is 0.172. The molecule has 0 amide bonds. The van der Waals surface area contributed by atoms with Crippen molar-refractivity contribution in [3.05, 3.63) is 0 Å². The molecule has 0 bridgehead atoms. The Kier molecular flexibility index (Phi) is 6.31. The van der Waals surface area contributed by atoms with Gasteiger partial charge in [-0.3, -0.25) is 0 Å². The number of hydrogen-bond donors (Lipinski definition) is 1. The monoisotopic (exact) mass is 211 g/mol. The highest BCUT2D eigenvalue weighted by Crippen LogP contribution is 2.35. The highest BCUT2D eigenvalue weighted by atomic mass is 14.9. The van der Waals surface area contributed by atoms with Crippen LogP contribution in [0.2, 0.25) is 0 Å². The normalized spacial score (nSPS) is 29.0. The molecule has 1 N–H and O–H groups in total. The van der Waals surface area contributed by atoms with Crippen LogP contribution < -0.4 is 5.32 Å². The minimum atomic E-state index is 0.787. The lowest BCUT2D eigenvalue weighted by atomic mass is 9.73. The molecule has 3 unspecified atom stereocenters. The zero-order valence-electron chi connectivity index (χ0n) is 10.9. The van der Waals surface area contributed by atoms with E-state index in [0.29, 0.717) is 0 Å². The molecule has 0 aromatic heterocycles. The van der Waals surface area contributed by atoms with E-state index in [0.717, 1.165) is 17.9 Å². The Bertz CT molecular complexity index is 155. The van der Waals surface area contributed by atoms with Crippen molar-refractivity contribution in [1.29, 1.82) is 0 Å². The molecule has 1 rings (SSSR count). The third-order valence-corrected chi connectivity index (χ3v) is 4.25. The highest BCUT2D eigenvalue weighted by molar-refractivity contribution is 4.83. The van der Waals surface area contributed by atoms with Gasteiger partial charge in [0.15, 0.2) is 0 Å². The second kappa shape index (κ2) is 7.27. The van der Waals surface area contributed by atoms with E-state index in [-0.39, 0.29) is 0 Å². The summed E-state index contributed by atoms with van der Waals surface area (Å²) in [5, 5.41) is 3.57. The lowest BCUT2D eigenvalue weighted by Crippen LogP contribution is -2.39. The maximum absolute atomic E-state index is 3.57. The van der Waals surface area contributed by atoms with Crippen LogP contribution in [0.5, 0.6) is 0 Å². The molecule has 1 fully saturated rings. The Morgan fingerprint density at radius 3 is 2.53 bits per heavy atom. The summed E-state index contributed by atoms with van der Waals surface area (Å²) in [4.78, 5) is 0. The number of unbranched alkanes of at least 4 members (excludes halogenated alkanes) is 1. The van der Waals surface area contributed by atoms with E-state index in [1.807, 2.05) is 0 Å². The van der Waals surface area contributed by atoms with Gasteiger partial charge >= 0.3 is 0 Å². The highest BCUT2D eigenvalue weighted by Gasteiger charge is 2.29. The minimum Gasteiger partial charge on any atom is -0.317 e. The summed E-state index contributed by atoms with van der Waals surface area (Å²) in [7, 11) is 2.15. The SMILES string of the molecule is CCCCC(NC)C1CCCCC1CC. The Hall–Kier alpha value is -0.0400. The Labute approximate surface area is 96.0 Å². The van der Waals surface area contributed by atoms with E-state index in [1.54, 1.807) is 0 Å². The van der Waals surface area contributed by atoms with Crippen molar-refractivity contribution in [2.45, 2.75) is 71.3 Å². The summed E-state index contributed by atoms with van der Waals surface area (Å²) in [5.41, 5.74) is 0. The largest absolute Gasteiger partial charge is 0.317 e. The van der Waals surface area contributed by atoms with Gasteiger partial charge in [0.05, 0.1) is 0 Å². The van der Waals surface area contributed by atoms with Crippen LogP contribution in [0.15, 0.2) is 0 Å². The first kappa shape index (κ1) is 13.0. The van der Waals surface area contributed by atoms with Crippen molar-refractivity contribution in [1.82, 2.24) is 5.32 Å². The van der Waals surface area contributed by atoms with Crippen LogP contribution >= 0.6 is 0 Å². The van der Waals surface area contributed by atoms with Crippen LogP contribution in [0.3, 0.4) is 0 Å². The van der Waals surface area contributed by atoms with Crippen molar-refractivity contribution in [2.24, 2.45) is 11.8 Å². The molecule has 0 aromatic rings. The van der Waals surface area contributed by atoms with Gasteiger partial charge in [-0.2, -0.15) is 0 Å². The predicted molar refractivity (Wildman–Crippen MR) is 68.1 cm³/mol. The summed E-state index contributed by atoms with van der Waals surface area (Å²) >= 11 is 0. The smallest absolute Gasteiger partial charge is 0.00949 e. The van der Waals surface area contributed by atoms with E-state index in [2.05, 4.69) is 26.2 Å². The Morgan fingerprint density at radius 1 is 1.20 bits per heavy atom. The first-order chi connectivity index (χ1) is 7.33. The number of hydrogen-bond acceptors (Lipinski definition) is 1. The molecule has 1 aliphatic rings. The minimum absolute atomic E-state index is 0.787. The molecule has 1 saturated carbocycles. The van der Waals surface area contributed by atoms with Crippen LogP contribution in [0.4, 0.5) is 0 Å². The molecule has 0 spiro atoms. The van der Waals surface area contributed by atoms with Crippen LogP contribution in [-0.2, 0) is 0 Å². The maximum Gasteiger partial charge on any atom is 0.00949 e. The number of nitrogens with one attached hydrogen (secondary N) is 1. The van der Waals surface area contributed by atoms with Gasteiger partial charge < -0.3 is 5.32 Å². The fraction of sp³-hybridized carbons (Fsp3) is 1.00. The molecule has 1 aliphatic carbocycles. The average molecular weight is 211 g/mol. The molecule has 0 aromatic carbocycles. The molecule has 0 aliphatic heterocycles. The van der Waals surface area contributed by atoms with Gasteiger partial charge in [-0.15, -0.1) is 0 Å². The molecule has 1 nitrogen and oxygen atoms in total. The standard InChI is InChI=1S/C14H29N/c1-4-6-11-14(15-3)13-10-8-7-9-12(13)5-2/h12-15H,4-11H2,1-3H3. The molecular weight excluding hydrogens is 182 g/mol. The first-order valence-electron chi connectivity index (χ1n) is 7.00. The zero-order valence-corrected chi connectivity index (χ0v) is 10.9. The number of rotatable bonds is 6. The van der Waals surface area contributed by atoms with Gasteiger partial charge in [0.2, 0.25) is 0 Å².